The number of phenols is 1. The largest absolute Gasteiger partial charge is 0.507 e. The molecule has 6 heteroatoms. The van der Waals surface area contributed by atoms with Crippen molar-refractivity contribution in [1.82, 2.24) is 4.98 Å². The van der Waals surface area contributed by atoms with Crippen LogP contribution in [0.15, 0.2) is 36.5 Å². The number of anilines is 1. The average Bonchev–Trinajstić information content (AvgIpc) is 2.42. The lowest BCUT2D eigenvalue weighted by atomic mass is 10.1. The second-order valence-electron chi connectivity index (χ2n) is 3.68. The van der Waals surface area contributed by atoms with Gasteiger partial charge in [0.15, 0.2) is 5.15 Å². The highest BCUT2D eigenvalue weighted by Crippen LogP contribution is 2.25. The molecule has 0 spiro atoms. The van der Waals surface area contributed by atoms with Crippen LogP contribution in [0.25, 0.3) is 0 Å². The van der Waals surface area contributed by atoms with Gasteiger partial charge in [-0.1, -0.05) is 11.6 Å². The number of pyridine rings is 1. The number of nitrogens with one attached hydrogen (secondary N) is 1. The number of nitrogens with zero attached hydrogens (tertiary/aromatic N) is 1. The number of rotatable bonds is 3. The molecule has 1 amide bonds. The summed E-state index contributed by atoms with van der Waals surface area (Å²) >= 11 is 5.84. The second-order valence-corrected chi connectivity index (χ2v) is 4.04. The zero-order valence-corrected chi connectivity index (χ0v) is 10.8. The molecule has 2 N–H and O–H groups in total. The van der Waals surface area contributed by atoms with E-state index in [0.717, 1.165) is 0 Å². The van der Waals surface area contributed by atoms with Gasteiger partial charge < -0.3 is 15.2 Å². The predicted octanol–water partition coefficient (Wildman–Crippen LogP) is 2.70. The van der Waals surface area contributed by atoms with Crippen molar-refractivity contribution in [1.29, 1.82) is 0 Å². The molecule has 5 nitrogen and oxygen atoms in total. The summed E-state index contributed by atoms with van der Waals surface area (Å²) in [6.07, 6.45) is 1.51. The normalized spacial score (nSPS) is 10.0. The van der Waals surface area contributed by atoms with E-state index in [1.807, 2.05) is 0 Å². The molecule has 0 atom stereocenters. The van der Waals surface area contributed by atoms with E-state index in [2.05, 4.69) is 10.3 Å². The number of benzene rings is 1. The van der Waals surface area contributed by atoms with Crippen LogP contribution < -0.4 is 10.1 Å². The SMILES string of the molecule is COc1ccc(O)c(C(=O)Nc2cccnc2Cl)c1. The number of carbonyl (C=O) groups excluding carboxylic acids is 1. The molecule has 19 heavy (non-hydrogen) atoms. The van der Waals surface area contributed by atoms with Crippen molar-refractivity contribution in [2.45, 2.75) is 0 Å². The van der Waals surface area contributed by atoms with E-state index in [1.165, 1.54) is 25.4 Å². The molecule has 0 saturated carbocycles. The number of ether oxygens (including phenoxy) is 1. The maximum Gasteiger partial charge on any atom is 0.259 e. The molecule has 1 heterocycles. The van der Waals surface area contributed by atoms with Crippen molar-refractivity contribution in [3.8, 4) is 11.5 Å². The summed E-state index contributed by atoms with van der Waals surface area (Å²) in [5.74, 6) is -0.162. The molecule has 0 saturated heterocycles. The topological polar surface area (TPSA) is 71.5 Å². The first-order valence-corrected chi connectivity index (χ1v) is 5.78. The molecule has 2 rings (SSSR count). The Bertz CT molecular complexity index is 617. The standard InChI is InChI=1S/C13H11ClN2O3/c1-19-8-4-5-11(17)9(7-8)13(18)16-10-3-2-6-15-12(10)14/h2-7,17H,1H3,(H,16,18). The Labute approximate surface area is 114 Å². The summed E-state index contributed by atoms with van der Waals surface area (Å²) in [6.45, 7) is 0. The van der Waals surface area contributed by atoms with Gasteiger partial charge in [-0.05, 0) is 30.3 Å². The Morgan fingerprint density at radius 2 is 2.21 bits per heavy atom. The molecule has 0 aliphatic carbocycles. The van der Waals surface area contributed by atoms with E-state index in [4.69, 9.17) is 16.3 Å². The van der Waals surface area contributed by atoms with Crippen LogP contribution in [0.2, 0.25) is 5.15 Å². The van der Waals surface area contributed by atoms with Crippen LogP contribution in [-0.4, -0.2) is 23.1 Å². The van der Waals surface area contributed by atoms with E-state index < -0.39 is 5.91 Å². The smallest absolute Gasteiger partial charge is 0.259 e. The number of hydrogen-bond donors (Lipinski definition) is 2. The van der Waals surface area contributed by atoms with Gasteiger partial charge in [0.25, 0.3) is 5.91 Å². The second kappa shape index (κ2) is 5.58. The Kier molecular flexibility index (Phi) is 3.87. The highest BCUT2D eigenvalue weighted by atomic mass is 35.5. The number of aromatic hydroxyl groups is 1. The fourth-order valence-corrected chi connectivity index (χ4v) is 1.66. The molecular weight excluding hydrogens is 268 g/mol. The number of aromatic nitrogens is 1. The molecule has 0 unspecified atom stereocenters. The van der Waals surface area contributed by atoms with Gasteiger partial charge in [-0.2, -0.15) is 0 Å². The number of amides is 1. The average molecular weight is 279 g/mol. The molecule has 0 fully saturated rings. The first kappa shape index (κ1) is 13.2. The van der Waals surface area contributed by atoms with Gasteiger partial charge in [0.2, 0.25) is 0 Å². The van der Waals surface area contributed by atoms with Gasteiger partial charge in [-0.15, -0.1) is 0 Å². The molecule has 0 aliphatic heterocycles. The highest BCUT2D eigenvalue weighted by Gasteiger charge is 2.14. The molecule has 98 valence electrons. The van der Waals surface area contributed by atoms with Crippen LogP contribution in [-0.2, 0) is 0 Å². The van der Waals surface area contributed by atoms with Crippen molar-refractivity contribution in [3.05, 3.63) is 47.2 Å². The summed E-state index contributed by atoms with van der Waals surface area (Å²) in [5, 5.41) is 12.4. The molecule has 0 bridgehead atoms. The van der Waals surface area contributed by atoms with Gasteiger partial charge in [-0.3, -0.25) is 4.79 Å². The van der Waals surface area contributed by atoms with Crippen LogP contribution in [0.1, 0.15) is 10.4 Å². The van der Waals surface area contributed by atoms with Gasteiger partial charge in [-0.25, -0.2) is 4.98 Å². The Morgan fingerprint density at radius 3 is 2.89 bits per heavy atom. The van der Waals surface area contributed by atoms with Gasteiger partial charge in [0.1, 0.15) is 11.5 Å². The maximum absolute atomic E-state index is 12.0. The number of phenolic OH excluding ortho intramolecular Hbond substituents is 1. The van der Waals surface area contributed by atoms with Crippen LogP contribution in [0.5, 0.6) is 11.5 Å². The summed E-state index contributed by atoms with van der Waals surface area (Å²) in [6, 6.07) is 7.65. The van der Waals surface area contributed by atoms with Gasteiger partial charge in [0.05, 0.1) is 18.4 Å². The summed E-state index contributed by atoms with van der Waals surface area (Å²) in [4.78, 5) is 15.9. The lowest BCUT2D eigenvalue weighted by Gasteiger charge is -2.09. The summed E-state index contributed by atoms with van der Waals surface area (Å²) in [5.41, 5.74) is 0.468. The van der Waals surface area contributed by atoms with E-state index >= 15 is 0 Å². The zero-order valence-electron chi connectivity index (χ0n) is 10.1. The van der Waals surface area contributed by atoms with Crippen LogP contribution >= 0.6 is 11.6 Å². The number of carbonyl (C=O) groups is 1. The third kappa shape index (κ3) is 2.95. The minimum Gasteiger partial charge on any atom is -0.507 e. The lowest BCUT2D eigenvalue weighted by Crippen LogP contribution is -2.12. The Balaban J connectivity index is 2.28. The fourth-order valence-electron chi connectivity index (χ4n) is 1.49. The first-order chi connectivity index (χ1) is 9.11. The van der Waals surface area contributed by atoms with E-state index in [-0.39, 0.29) is 16.5 Å². The van der Waals surface area contributed by atoms with Crippen molar-refractivity contribution in [2.75, 3.05) is 12.4 Å². The summed E-state index contributed by atoms with van der Waals surface area (Å²) < 4.78 is 5.00. The van der Waals surface area contributed by atoms with Gasteiger partial charge in [0, 0.05) is 6.20 Å². The summed E-state index contributed by atoms with van der Waals surface area (Å²) in [7, 11) is 1.48. The van der Waals surface area contributed by atoms with Crippen molar-refractivity contribution in [2.24, 2.45) is 0 Å². The molecule has 2 aromatic rings. The number of hydrogen-bond acceptors (Lipinski definition) is 4. The minimum absolute atomic E-state index is 0.0965. The van der Waals surface area contributed by atoms with E-state index in [9.17, 15) is 9.90 Å². The molecular formula is C13H11ClN2O3. The van der Waals surface area contributed by atoms with Crippen molar-refractivity contribution < 1.29 is 14.6 Å². The molecule has 1 aromatic heterocycles. The number of halogens is 1. The van der Waals surface area contributed by atoms with Crippen LogP contribution in [0.3, 0.4) is 0 Å². The van der Waals surface area contributed by atoms with Crippen molar-refractivity contribution >= 4 is 23.2 Å². The van der Waals surface area contributed by atoms with Crippen LogP contribution in [0, 0.1) is 0 Å². The minimum atomic E-state index is -0.494. The Hall–Kier alpha value is -2.27. The first-order valence-electron chi connectivity index (χ1n) is 5.40. The predicted molar refractivity (Wildman–Crippen MR) is 71.9 cm³/mol. The maximum atomic E-state index is 12.0. The third-order valence-corrected chi connectivity index (χ3v) is 2.76. The molecule has 0 aliphatic rings. The van der Waals surface area contributed by atoms with E-state index in [0.29, 0.717) is 11.4 Å². The third-order valence-electron chi connectivity index (χ3n) is 2.46. The lowest BCUT2D eigenvalue weighted by molar-refractivity contribution is 0.102. The highest BCUT2D eigenvalue weighted by molar-refractivity contribution is 6.32. The molecule has 0 radical (unpaired) electrons. The quantitative estimate of drug-likeness (QED) is 0.847. The van der Waals surface area contributed by atoms with Gasteiger partial charge >= 0.3 is 0 Å². The fraction of sp³-hybridized carbons (Fsp3) is 0.0769. The van der Waals surface area contributed by atoms with Crippen molar-refractivity contribution in [3.63, 3.8) is 0 Å². The number of methoxy groups -OCH3 is 1. The zero-order chi connectivity index (χ0) is 13.8. The van der Waals surface area contributed by atoms with E-state index in [1.54, 1.807) is 18.2 Å². The Morgan fingerprint density at radius 1 is 1.42 bits per heavy atom. The van der Waals surface area contributed by atoms with Crippen LogP contribution in [0.4, 0.5) is 5.69 Å². The monoisotopic (exact) mass is 278 g/mol. The molecule has 1 aromatic carbocycles.